The van der Waals surface area contributed by atoms with E-state index in [0.717, 1.165) is 51.4 Å². The summed E-state index contributed by atoms with van der Waals surface area (Å²) in [5.74, 6) is 3.21. The van der Waals surface area contributed by atoms with Crippen LogP contribution in [0, 0.1) is 24.8 Å². The van der Waals surface area contributed by atoms with Gasteiger partial charge in [-0.3, -0.25) is 19.3 Å². The molecule has 0 unspecified atom stereocenters. The van der Waals surface area contributed by atoms with E-state index in [2.05, 4.69) is 45.2 Å². The summed E-state index contributed by atoms with van der Waals surface area (Å²) in [5.41, 5.74) is 5.22. The Labute approximate surface area is 327 Å². The Kier molecular flexibility index (Phi) is 13.8. The van der Waals surface area contributed by atoms with Crippen molar-refractivity contribution in [1.29, 1.82) is 0 Å². The van der Waals surface area contributed by atoms with Crippen molar-refractivity contribution in [3.8, 4) is 57.1 Å². The number of ether oxygens (including phenoxy) is 4. The maximum atomic E-state index is 5.24. The normalized spacial score (nSPS) is 10.1. The van der Waals surface area contributed by atoms with Crippen LogP contribution >= 0.6 is 0 Å². The van der Waals surface area contributed by atoms with Crippen LogP contribution < -0.4 is 33.2 Å². The molecule has 0 spiro atoms. The van der Waals surface area contributed by atoms with Gasteiger partial charge in [-0.25, -0.2) is 0 Å². The van der Waals surface area contributed by atoms with Gasteiger partial charge in [0.15, 0.2) is 0 Å². The number of imidazole rings is 2. The van der Waals surface area contributed by atoms with E-state index in [4.69, 9.17) is 18.9 Å². The molecule has 0 saturated heterocycles. The monoisotopic (exact) mass is 896 g/mol. The minimum absolute atomic E-state index is 0. The van der Waals surface area contributed by atoms with Gasteiger partial charge in [0, 0.05) is 62.6 Å². The van der Waals surface area contributed by atoms with Crippen LogP contribution in [0.1, 0.15) is 0 Å². The Morgan fingerprint density at radius 3 is 1.57 bits per heavy atom. The van der Waals surface area contributed by atoms with Crippen molar-refractivity contribution in [3.05, 3.63) is 165 Å². The average molecular weight is 896 g/mol. The second-order valence-electron chi connectivity index (χ2n) is 10.9. The van der Waals surface area contributed by atoms with E-state index in [1.54, 1.807) is 40.8 Å². The third-order valence-electron chi connectivity index (χ3n) is 7.64. The third kappa shape index (κ3) is 10.1. The predicted octanol–water partition coefficient (Wildman–Crippen LogP) is 5.24. The molecule has 8 rings (SSSR count). The zero-order valence-corrected chi connectivity index (χ0v) is 32.2. The molecule has 8 aromatic rings. The van der Waals surface area contributed by atoms with Crippen molar-refractivity contribution >= 4 is 0 Å². The number of methoxy groups -OCH3 is 4. The molecule has 0 amide bonds. The van der Waals surface area contributed by atoms with Crippen LogP contribution in [0.2, 0.25) is 0 Å². The summed E-state index contributed by atoms with van der Waals surface area (Å²) in [5, 5.41) is 10.8. The molecule has 12 nitrogen and oxygen atoms in total. The Morgan fingerprint density at radius 1 is 0.611 bits per heavy atom. The van der Waals surface area contributed by atoms with Crippen molar-refractivity contribution in [3.63, 3.8) is 0 Å². The van der Waals surface area contributed by atoms with E-state index in [-0.39, 0.29) is 20.1 Å². The van der Waals surface area contributed by atoms with Crippen LogP contribution in [-0.2, 0) is 20.1 Å². The first-order valence-electron chi connectivity index (χ1n) is 16.2. The third-order valence-corrected chi connectivity index (χ3v) is 7.64. The van der Waals surface area contributed by atoms with Crippen molar-refractivity contribution in [2.75, 3.05) is 28.4 Å². The Hall–Kier alpha value is -6.56. The smallest absolute Gasteiger partial charge is 0.267 e. The van der Waals surface area contributed by atoms with E-state index in [1.807, 2.05) is 146 Å². The molecule has 0 N–H and O–H groups in total. The number of benzene rings is 4. The molecule has 0 aliphatic heterocycles. The number of nitrogens with zero attached hydrogens (tertiary/aromatic N) is 8. The van der Waals surface area contributed by atoms with Crippen LogP contribution in [0.5, 0.6) is 23.0 Å². The van der Waals surface area contributed by atoms with Gasteiger partial charge in [0.25, 0.3) is 12.7 Å². The molecule has 1 radical (unpaired) electrons. The van der Waals surface area contributed by atoms with Gasteiger partial charge in [-0.2, -0.15) is 24.3 Å². The van der Waals surface area contributed by atoms with Crippen molar-refractivity contribution < 1.29 is 48.2 Å². The molecule has 0 atom stereocenters. The number of rotatable bonds is 9. The fraction of sp³-hybridized carbons (Fsp3) is 0.0976. The van der Waals surface area contributed by atoms with Crippen LogP contribution in [0.4, 0.5) is 0 Å². The SMILES string of the molecule is COc1cc[c-]c(-n2[c-][n+](-c3cccc(OC)c3)cc2)c1.COc1cc[c-]c(-n2[c-][n+](-c3cccc(OC)c3)cc2)c1.[Ir].c1ccc(-c2cnn[n-]2)nc1. The Morgan fingerprint density at radius 2 is 1.13 bits per heavy atom. The molecule has 4 aromatic heterocycles. The molecular formula is C41H35IrN8O4-3. The molecule has 0 saturated carbocycles. The molecule has 0 aliphatic carbocycles. The minimum Gasteiger partial charge on any atom is -0.523 e. The first-order chi connectivity index (χ1) is 26.1. The standard InChI is InChI=1S/2C17H15N2O2.C7H5N4.Ir/c2*1-20-16-7-3-5-14(11-16)18-9-10-19(13-18)15-6-4-8-17(12-15)21-2;1-2-4-8-6(3-1)7-5-9-11-10-7;/h2*3-5,7-12H,1-2H3;1-5H;/q3*-1;. The summed E-state index contributed by atoms with van der Waals surface area (Å²) in [6.07, 6.45) is 17.5. The summed E-state index contributed by atoms with van der Waals surface area (Å²) in [4.78, 5) is 4.08. The van der Waals surface area contributed by atoms with Crippen molar-refractivity contribution in [1.82, 2.24) is 29.5 Å². The first kappa shape index (κ1) is 38.7. The molecule has 4 aromatic carbocycles. The summed E-state index contributed by atoms with van der Waals surface area (Å²) < 4.78 is 28.5. The molecule has 275 valence electrons. The van der Waals surface area contributed by atoms with Gasteiger partial charge in [-0.1, -0.05) is 24.4 Å². The maximum Gasteiger partial charge on any atom is 0.267 e. The minimum atomic E-state index is 0. The van der Waals surface area contributed by atoms with E-state index >= 15 is 0 Å². The predicted molar refractivity (Wildman–Crippen MR) is 195 cm³/mol. The summed E-state index contributed by atoms with van der Waals surface area (Å²) in [7, 11) is 6.61. The van der Waals surface area contributed by atoms with Crippen LogP contribution in [0.3, 0.4) is 0 Å². The van der Waals surface area contributed by atoms with Gasteiger partial charge in [0.1, 0.15) is 11.5 Å². The van der Waals surface area contributed by atoms with Gasteiger partial charge >= 0.3 is 0 Å². The summed E-state index contributed by atoms with van der Waals surface area (Å²) in [6, 6.07) is 38.8. The van der Waals surface area contributed by atoms with E-state index < -0.39 is 0 Å². The molecule has 0 aliphatic rings. The number of pyridine rings is 1. The first-order valence-corrected chi connectivity index (χ1v) is 16.2. The van der Waals surface area contributed by atoms with Gasteiger partial charge < -0.3 is 38.3 Å². The largest absolute Gasteiger partial charge is 0.523 e. The Bertz CT molecular complexity index is 2070. The number of hydrogen-bond donors (Lipinski definition) is 0. The number of aromatic nitrogens is 8. The molecule has 4 heterocycles. The molecule has 54 heavy (non-hydrogen) atoms. The fourth-order valence-corrected chi connectivity index (χ4v) is 4.92. The molecule has 0 bridgehead atoms. The summed E-state index contributed by atoms with van der Waals surface area (Å²) in [6.45, 7) is 0. The van der Waals surface area contributed by atoms with Crippen molar-refractivity contribution in [2.24, 2.45) is 0 Å². The zero-order chi connectivity index (χ0) is 36.8. The van der Waals surface area contributed by atoms with E-state index in [1.165, 1.54) is 0 Å². The molecule has 0 fully saturated rings. The zero-order valence-electron chi connectivity index (χ0n) is 29.8. The quantitative estimate of drug-likeness (QED) is 0.143. The van der Waals surface area contributed by atoms with E-state index in [0.29, 0.717) is 5.69 Å². The second kappa shape index (κ2) is 19.3. The van der Waals surface area contributed by atoms with Crippen LogP contribution in [-0.4, -0.2) is 52.9 Å². The average Bonchev–Trinajstić information content (AvgIpc) is 4.06. The fourth-order valence-electron chi connectivity index (χ4n) is 4.92. The van der Waals surface area contributed by atoms with Crippen LogP contribution in [0.15, 0.2) is 140 Å². The van der Waals surface area contributed by atoms with Gasteiger partial charge in [0.2, 0.25) is 0 Å². The number of hydrogen-bond acceptors (Lipinski definition) is 7. The molecular weight excluding hydrogens is 861 g/mol. The topological polar surface area (TPSA) is 107 Å². The van der Waals surface area contributed by atoms with Crippen molar-refractivity contribution in [2.45, 2.75) is 0 Å². The van der Waals surface area contributed by atoms with Gasteiger partial charge in [0.05, 0.1) is 45.5 Å². The summed E-state index contributed by atoms with van der Waals surface area (Å²) >= 11 is 0. The van der Waals surface area contributed by atoms with Gasteiger partial charge in [-0.05, 0) is 65.6 Å². The Balaban J connectivity index is 0.000000162. The van der Waals surface area contributed by atoms with Crippen LogP contribution in [0.25, 0.3) is 34.1 Å². The van der Waals surface area contributed by atoms with E-state index in [9.17, 15) is 0 Å². The second-order valence-corrected chi connectivity index (χ2v) is 10.9. The van der Waals surface area contributed by atoms with Gasteiger partial charge in [-0.15, -0.1) is 24.3 Å². The maximum absolute atomic E-state index is 5.24. The molecule has 13 heteroatoms.